The van der Waals surface area contributed by atoms with Crippen LogP contribution in [0, 0.1) is 11.3 Å². The van der Waals surface area contributed by atoms with E-state index in [1.165, 1.54) is 77.4 Å². The van der Waals surface area contributed by atoms with Crippen LogP contribution in [0.15, 0.2) is 12.2 Å². The van der Waals surface area contributed by atoms with Crippen LogP contribution in [-0.4, -0.2) is 24.5 Å². The van der Waals surface area contributed by atoms with E-state index in [0.717, 1.165) is 5.92 Å². The minimum Gasteiger partial charge on any atom is -0.303 e. The van der Waals surface area contributed by atoms with Gasteiger partial charge in [0.2, 0.25) is 0 Å². The molecule has 0 fully saturated rings. The van der Waals surface area contributed by atoms with Gasteiger partial charge in [-0.25, -0.2) is 0 Å². The lowest BCUT2D eigenvalue weighted by Gasteiger charge is -2.23. The number of allylic oxidation sites excluding steroid dienone is 2. The molecule has 1 atom stereocenters. The molecule has 0 aliphatic carbocycles. The maximum atomic E-state index is 2.68. The van der Waals surface area contributed by atoms with E-state index < -0.39 is 0 Å². The first-order valence-corrected chi connectivity index (χ1v) is 10.3. The van der Waals surface area contributed by atoms with Gasteiger partial charge in [0.15, 0.2) is 0 Å². The van der Waals surface area contributed by atoms with Gasteiger partial charge in [0, 0.05) is 0 Å². The van der Waals surface area contributed by atoms with Crippen LogP contribution >= 0.6 is 0 Å². The van der Waals surface area contributed by atoms with Crippen LogP contribution in [-0.2, 0) is 0 Å². The number of hydrogen-bond acceptors (Lipinski definition) is 1. The Morgan fingerprint density at radius 1 is 0.913 bits per heavy atom. The predicted molar refractivity (Wildman–Crippen MR) is 107 cm³/mol. The Bertz CT molecular complexity index is 272. The fraction of sp³-hybridized carbons (Fsp3) is 0.909. The maximum absolute atomic E-state index is 2.68. The summed E-state index contributed by atoms with van der Waals surface area (Å²) >= 11 is 0. The molecule has 0 rings (SSSR count). The fourth-order valence-corrected chi connectivity index (χ4v) is 2.79. The molecule has 23 heavy (non-hydrogen) atoms. The van der Waals surface area contributed by atoms with Crippen molar-refractivity contribution in [3.63, 3.8) is 0 Å². The summed E-state index contributed by atoms with van der Waals surface area (Å²) in [7, 11) is 0. The number of rotatable bonds is 15. The zero-order chi connectivity index (χ0) is 17.6. The van der Waals surface area contributed by atoms with Crippen molar-refractivity contribution in [3.05, 3.63) is 12.2 Å². The number of unbranched alkanes of at least 4 members (excludes halogenated alkanes) is 3. The molecule has 0 bridgehead atoms. The lowest BCUT2D eigenvalue weighted by Crippen LogP contribution is -2.28. The van der Waals surface area contributed by atoms with Gasteiger partial charge >= 0.3 is 0 Å². The highest BCUT2D eigenvalue weighted by Gasteiger charge is 2.13. The quantitative estimate of drug-likeness (QED) is 0.230. The summed E-state index contributed by atoms with van der Waals surface area (Å²) in [6.45, 7) is 17.9. The van der Waals surface area contributed by atoms with E-state index in [1.807, 2.05) is 0 Å². The van der Waals surface area contributed by atoms with Crippen molar-refractivity contribution < 1.29 is 0 Å². The van der Waals surface area contributed by atoms with E-state index in [0.29, 0.717) is 5.41 Å². The fourth-order valence-electron chi connectivity index (χ4n) is 2.79. The first-order chi connectivity index (χ1) is 10.9. The zero-order valence-corrected chi connectivity index (χ0v) is 17.2. The van der Waals surface area contributed by atoms with Crippen LogP contribution in [0.25, 0.3) is 0 Å². The third-order valence-corrected chi connectivity index (χ3v) is 5.20. The van der Waals surface area contributed by atoms with Crippen molar-refractivity contribution in [3.8, 4) is 0 Å². The molecule has 0 N–H and O–H groups in total. The van der Waals surface area contributed by atoms with Crippen LogP contribution in [0.1, 0.15) is 99.3 Å². The molecule has 0 aliphatic heterocycles. The minimum absolute atomic E-state index is 0.526. The molecule has 1 heteroatoms. The molecule has 1 unspecified atom stereocenters. The highest BCUT2D eigenvalue weighted by Crippen LogP contribution is 2.26. The van der Waals surface area contributed by atoms with Crippen LogP contribution < -0.4 is 0 Å². The van der Waals surface area contributed by atoms with Gasteiger partial charge in [0.05, 0.1) is 0 Å². The summed E-state index contributed by atoms with van der Waals surface area (Å²) in [4.78, 5) is 2.68. The molecular formula is C22H45N. The van der Waals surface area contributed by atoms with Gasteiger partial charge in [-0.05, 0) is 69.5 Å². The van der Waals surface area contributed by atoms with Gasteiger partial charge in [-0.2, -0.15) is 0 Å². The summed E-state index contributed by atoms with van der Waals surface area (Å²) in [5.41, 5.74) is 0.526. The van der Waals surface area contributed by atoms with E-state index in [4.69, 9.17) is 0 Å². The van der Waals surface area contributed by atoms with Crippen LogP contribution in [0.3, 0.4) is 0 Å². The van der Waals surface area contributed by atoms with Gasteiger partial charge in [0.25, 0.3) is 0 Å². The third-order valence-electron chi connectivity index (χ3n) is 5.20. The molecule has 0 radical (unpaired) electrons. The highest BCUT2D eigenvalue weighted by atomic mass is 15.1. The smallest absolute Gasteiger partial charge is 0.00132 e. The van der Waals surface area contributed by atoms with Crippen molar-refractivity contribution >= 4 is 0 Å². The van der Waals surface area contributed by atoms with Gasteiger partial charge in [-0.3, -0.25) is 0 Å². The summed E-state index contributed by atoms with van der Waals surface area (Å²) < 4.78 is 0. The number of hydrogen-bond donors (Lipinski definition) is 0. The normalized spacial score (nSPS) is 14.0. The first-order valence-electron chi connectivity index (χ1n) is 10.3. The SMILES string of the molecule is CCCCN(CCCC)CCC(C)C=CCCCC(C)(C)CC. The number of nitrogens with zero attached hydrogens (tertiary/aromatic N) is 1. The van der Waals surface area contributed by atoms with Crippen molar-refractivity contribution in [2.75, 3.05) is 19.6 Å². The molecule has 0 spiro atoms. The molecule has 0 saturated heterocycles. The zero-order valence-electron chi connectivity index (χ0n) is 17.2. The first kappa shape index (κ1) is 22.7. The molecule has 0 amide bonds. The summed E-state index contributed by atoms with van der Waals surface area (Å²) in [6, 6.07) is 0. The van der Waals surface area contributed by atoms with Crippen molar-refractivity contribution in [2.45, 2.75) is 99.3 Å². The second kappa shape index (κ2) is 14.1. The van der Waals surface area contributed by atoms with Crippen LogP contribution in [0.2, 0.25) is 0 Å². The standard InChI is InChI=1S/C22H45N/c1-7-10-18-23(19-11-8-2)20-16-21(4)15-13-12-14-17-22(5,6)9-3/h13,15,21H,7-12,14,16-20H2,1-6H3. The van der Waals surface area contributed by atoms with Gasteiger partial charge in [0.1, 0.15) is 0 Å². The summed E-state index contributed by atoms with van der Waals surface area (Å²) in [5.74, 6) is 0.722. The molecular weight excluding hydrogens is 278 g/mol. The minimum atomic E-state index is 0.526. The maximum Gasteiger partial charge on any atom is -0.00132 e. The largest absolute Gasteiger partial charge is 0.303 e. The Balaban J connectivity index is 3.91. The molecule has 0 aromatic carbocycles. The molecule has 0 heterocycles. The van der Waals surface area contributed by atoms with E-state index in [9.17, 15) is 0 Å². The highest BCUT2D eigenvalue weighted by molar-refractivity contribution is 4.87. The van der Waals surface area contributed by atoms with Gasteiger partial charge < -0.3 is 4.90 Å². The van der Waals surface area contributed by atoms with E-state index in [-0.39, 0.29) is 0 Å². The van der Waals surface area contributed by atoms with E-state index >= 15 is 0 Å². The third kappa shape index (κ3) is 13.8. The molecule has 0 aromatic rings. The molecule has 1 nitrogen and oxygen atoms in total. The molecule has 0 saturated carbocycles. The Morgan fingerprint density at radius 2 is 1.52 bits per heavy atom. The van der Waals surface area contributed by atoms with E-state index in [2.05, 4.69) is 58.6 Å². The Morgan fingerprint density at radius 3 is 2.04 bits per heavy atom. The second-order valence-corrected chi connectivity index (χ2v) is 8.15. The van der Waals surface area contributed by atoms with Crippen LogP contribution in [0.5, 0.6) is 0 Å². The second-order valence-electron chi connectivity index (χ2n) is 8.15. The lowest BCUT2D eigenvalue weighted by atomic mass is 9.85. The van der Waals surface area contributed by atoms with Crippen molar-refractivity contribution in [2.24, 2.45) is 11.3 Å². The topological polar surface area (TPSA) is 3.24 Å². The van der Waals surface area contributed by atoms with Crippen molar-refractivity contribution in [1.29, 1.82) is 0 Å². The van der Waals surface area contributed by atoms with Crippen LogP contribution in [0.4, 0.5) is 0 Å². The van der Waals surface area contributed by atoms with E-state index in [1.54, 1.807) is 0 Å². The lowest BCUT2D eigenvalue weighted by molar-refractivity contribution is 0.254. The summed E-state index contributed by atoms with van der Waals surface area (Å²) in [6.07, 6.45) is 16.7. The monoisotopic (exact) mass is 323 g/mol. The predicted octanol–water partition coefficient (Wildman–Crippen LogP) is 7.08. The van der Waals surface area contributed by atoms with Gasteiger partial charge in [-0.15, -0.1) is 0 Å². The Kier molecular flexibility index (Phi) is 13.9. The Hall–Kier alpha value is -0.300. The average Bonchev–Trinajstić information content (AvgIpc) is 2.53. The average molecular weight is 324 g/mol. The molecule has 0 aromatic heterocycles. The summed E-state index contributed by atoms with van der Waals surface area (Å²) in [5, 5.41) is 0. The molecule has 0 aliphatic rings. The van der Waals surface area contributed by atoms with Crippen molar-refractivity contribution in [1.82, 2.24) is 4.90 Å². The molecule has 138 valence electrons. The van der Waals surface area contributed by atoms with Gasteiger partial charge in [-0.1, -0.05) is 73.0 Å². The Labute approximate surface area is 147 Å².